The third kappa shape index (κ3) is 3.68. The number of aromatic nitrogens is 1. The van der Waals surface area contributed by atoms with Crippen LogP contribution in [0.5, 0.6) is 11.6 Å². The van der Waals surface area contributed by atoms with Gasteiger partial charge >= 0.3 is 0 Å². The van der Waals surface area contributed by atoms with Crippen LogP contribution in [0.15, 0.2) is 42.6 Å². The third-order valence-electron chi connectivity index (χ3n) is 2.42. The lowest BCUT2D eigenvalue weighted by molar-refractivity contribution is -0.118. The van der Waals surface area contributed by atoms with E-state index >= 15 is 0 Å². The molecule has 20 heavy (non-hydrogen) atoms. The number of para-hydroxylation sites is 1. The zero-order valence-corrected chi connectivity index (χ0v) is 10.8. The highest BCUT2D eigenvalue weighted by Gasteiger charge is 2.07. The van der Waals surface area contributed by atoms with Crippen LogP contribution in [0.2, 0.25) is 0 Å². The standard InChI is InChI=1S/C14H13FN2O3/c1-19-14-7-6-10(8-16-14)17-13(18)9-20-12-5-3-2-4-11(12)15/h2-8H,9H2,1H3,(H,17,18). The normalized spacial score (nSPS) is 9.90. The largest absolute Gasteiger partial charge is 0.481 e. The van der Waals surface area contributed by atoms with Gasteiger partial charge < -0.3 is 14.8 Å². The van der Waals surface area contributed by atoms with E-state index in [0.717, 1.165) is 0 Å². The SMILES string of the molecule is COc1ccc(NC(=O)COc2ccccc2F)cn1. The Labute approximate surface area is 115 Å². The highest BCUT2D eigenvalue weighted by atomic mass is 19.1. The molecule has 6 heteroatoms. The molecule has 0 bridgehead atoms. The molecule has 0 radical (unpaired) electrons. The predicted molar refractivity (Wildman–Crippen MR) is 71.3 cm³/mol. The Morgan fingerprint density at radius 3 is 2.75 bits per heavy atom. The van der Waals surface area contributed by atoms with Crippen molar-refractivity contribution in [2.24, 2.45) is 0 Å². The van der Waals surface area contributed by atoms with Gasteiger partial charge in [-0.15, -0.1) is 0 Å². The van der Waals surface area contributed by atoms with Crippen LogP contribution in [0.1, 0.15) is 0 Å². The zero-order chi connectivity index (χ0) is 14.4. The molecule has 1 aromatic heterocycles. The number of carbonyl (C=O) groups excluding carboxylic acids is 1. The molecule has 0 aliphatic heterocycles. The van der Waals surface area contributed by atoms with Gasteiger partial charge in [0.1, 0.15) is 0 Å². The molecule has 2 aromatic rings. The van der Waals surface area contributed by atoms with E-state index in [0.29, 0.717) is 11.6 Å². The second-order valence-electron chi connectivity index (χ2n) is 3.86. The Bertz CT molecular complexity index is 587. The van der Waals surface area contributed by atoms with Gasteiger partial charge in [-0.1, -0.05) is 12.1 Å². The van der Waals surface area contributed by atoms with E-state index in [1.165, 1.54) is 25.4 Å². The van der Waals surface area contributed by atoms with Gasteiger partial charge in [0.15, 0.2) is 18.2 Å². The summed E-state index contributed by atoms with van der Waals surface area (Å²) in [6, 6.07) is 9.16. The fraction of sp³-hybridized carbons (Fsp3) is 0.143. The number of benzene rings is 1. The maximum Gasteiger partial charge on any atom is 0.262 e. The summed E-state index contributed by atoms with van der Waals surface area (Å²) >= 11 is 0. The fourth-order valence-corrected chi connectivity index (χ4v) is 1.48. The smallest absolute Gasteiger partial charge is 0.262 e. The van der Waals surface area contributed by atoms with Crippen molar-refractivity contribution in [3.8, 4) is 11.6 Å². The molecule has 0 aliphatic rings. The average Bonchev–Trinajstić information content (AvgIpc) is 2.47. The summed E-state index contributed by atoms with van der Waals surface area (Å²) in [6.45, 7) is -0.285. The Balaban J connectivity index is 1.87. The van der Waals surface area contributed by atoms with E-state index in [1.807, 2.05) is 0 Å². The predicted octanol–water partition coefficient (Wildman–Crippen LogP) is 2.25. The van der Waals surface area contributed by atoms with Gasteiger partial charge in [0.25, 0.3) is 5.91 Å². The first-order chi connectivity index (χ1) is 9.69. The number of ether oxygens (including phenoxy) is 2. The molecule has 1 amide bonds. The monoisotopic (exact) mass is 276 g/mol. The summed E-state index contributed by atoms with van der Waals surface area (Å²) in [5.74, 6) is -0.423. The van der Waals surface area contributed by atoms with E-state index in [9.17, 15) is 9.18 Å². The van der Waals surface area contributed by atoms with E-state index < -0.39 is 11.7 Å². The number of methoxy groups -OCH3 is 1. The van der Waals surface area contributed by atoms with Gasteiger partial charge in [-0.25, -0.2) is 9.37 Å². The molecule has 0 saturated heterocycles. The van der Waals surface area contributed by atoms with E-state index in [-0.39, 0.29) is 12.4 Å². The molecule has 1 N–H and O–H groups in total. The van der Waals surface area contributed by atoms with Crippen molar-refractivity contribution >= 4 is 11.6 Å². The van der Waals surface area contributed by atoms with E-state index in [4.69, 9.17) is 9.47 Å². The van der Waals surface area contributed by atoms with Crippen molar-refractivity contribution in [1.82, 2.24) is 4.98 Å². The number of halogens is 1. The third-order valence-corrected chi connectivity index (χ3v) is 2.42. The minimum atomic E-state index is -0.508. The number of rotatable bonds is 5. The number of anilines is 1. The number of carbonyl (C=O) groups is 1. The van der Waals surface area contributed by atoms with E-state index in [1.54, 1.807) is 24.3 Å². The average molecular weight is 276 g/mol. The van der Waals surface area contributed by atoms with Crippen LogP contribution in [0.4, 0.5) is 10.1 Å². The topological polar surface area (TPSA) is 60.5 Å². The highest BCUT2D eigenvalue weighted by molar-refractivity contribution is 5.91. The molecule has 2 rings (SSSR count). The lowest BCUT2D eigenvalue weighted by Crippen LogP contribution is -2.20. The fourth-order valence-electron chi connectivity index (χ4n) is 1.48. The second-order valence-corrected chi connectivity index (χ2v) is 3.86. The van der Waals surface area contributed by atoms with Crippen molar-refractivity contribution in [1.29, 1.82) is 0 Å². The molecular formula is C14H13FN2O3. The van der Waals surface area contributed by atoms with Crippen molar-refractivity contribution in [3.63, 3.8) is 0 Å². The number of nitrogens with one attached hydrogen (secondary N) is 1. The van der Waals surface area contributed by atoms with Crippen LogP contribution in [0.25, 0.3) is 0 Å². The number of hydrogen-bond donors (Lipinski definition) is 1. The van der Waals surface area contributed by atoms with Crippen molar-refractivity contribution in [2.75, 3.05) is 19.0 Å². The molecule has 0 saturated carbocycles. The Hall–Kier alpha value is -2.63. The van der Waals surface area contributed by atoms with E-state index in [2.05, 4.69) is 10.3 Å². The van der Waals surface area contributed by atoms with Crippen molar-refractivity contribution in [3.05, 3.63) is 48.4 Å². The lowest BCUT2D eigenvalue weighted by atomic mass is 10.3. The van der Waals surface area contributed by atoms with Gasteiger partial charge in [-0.05, 0) is 18.2 Å². The number of amides is 1. The summed E-state index contributed by atoms with van der Waals surface area (Å²) < 4.78 is 23.3. The van der Waals surface area contributed by atoms with Gasteiger partial charge in [0, 0.05) is 6.07 Å². The first-order valence-corrected chi connectivity index (χ1v) is 5.86. The van der Waals surface area contributed by atoms with Crippen LogP contribution in [0, 0.1) is 5.82 Å². The molecule has 0 unspecified atom stereocenters. The Morgan fingerprint density at radius 1 is 1.30 bits per heavy atom. The molecule has 5 nitrogen and oxygen atoms in total. The molecular weight excluding hydrogens is 263 g/mol. The minimum absolute atomic E-state index is 0.0375. The van der Waals surface area contributed by atoms with Crippen LogP contribution in [-0.4, -0.2) is 24.6 Å². The summed E-state index contributed by atoms with van der Waals surface area (Å²) in [5.41, 5.74) is 0.507. The first kappa shape index (κ1) is 13.8. The molecule has 0 spiro atoms. The maximum absolute atomic E-state index is 13.3. The first-order valence-electron chi connectivity index (χ1n) is 5.86. The number of hydrogen-bond acceptors (Lipinski definition) is 4. The van der Waals surface area contributed by atoms with Gasteiger partial charge in [0.2, 0.25) is 5.88 Å². The second kappa shape index (κ2) is 6.51. The zero-order valence-electron chi connectivity index (χ0n) is 10.8. The summed E-state index contributed by atoms with van der Waals surface area (Å²) in [7, 11) is 1.50. The summed E-state index contributed by atoms with van der Waals surface area (Å²) in [4.78, 5) is 15.6. The molecule has 1 heterocycles. The maximum atomic E-state index is 13.3. The van der Waals surface area contributed by atoms with Crippen LogP contribution >= 0.6 is 0 Å². The minimum Gasteiger partial charge on any atom is -0.481 e. The van der Waals surface area contributed by atoms with Gasteiger partial charge in [-0.2, -0.15) is 0 Å². The van der Waals surface area contributed by atoms with Crippen molar-refractivity contribution < 1.29 is 18.7 Å². The number of pyridine rings is 1. The Morgan fingerprint density at radius 2 is 2.10 bits per heavy atom. The molecule has 104 valence electrons. The van der Waals surface area contributed by atoms with Gasteiger partial charge in [0.05, 0.1) is 19.0 Å². The van der Waals surface area contributed by atoms with Gasteiger partial charge in [-0.3, -0.25) is 4.79 Å². The van der Waals surface area contributed by atoms with Crippen LogP contribution < -0.4 is 14.8 Å². The van der Waals surface area contributed by atoms with Crippen LogP contribution in [0.3, 0.4) is 0 Å². The summed E-state index contributed by atoms with van der Waals surface area (Å²) in [6.07, 6.45) is 1.46. The molecule has 0 fully saturated rings. The summed E-state index contributed by atoms with van der Waals surface area (Å²) in [5, 5.41) is 2.58. The Kier molecular flexibility index (Phi) is 4.49. The molecule has 0 atom stereocenters. The van der Waals surface area contributed by atoms with Crippen molar-refractivity contribution in [2.45, 2.75) is 0 Å². The lowest BCUT2D eigenvalue weighted by Gasteiger charge is -2.08. The highest BCUT2D eigenvalue weighted by Crippen LogP contribution is 2.15. The quantitative estimate of drug-likeness (QED) is 0.909. The molecule has 0 aliphatic carbocycles. The van der Waals surface area contributed by atoms with Crippen LogP contribution in [-0.2, 0) is 4.79 Å². The number of nitrogens with zero attached hydrogens (tertiary/aromatic N) is 1. The molecule has 1 aromatic carbocycles.